The summed E-state index contributed by atoms with van der Waals surface area (Å²) in [4.78, 5) is 12.0. The highest BCUT2D eigenvalue weighted by Gasteiger charge is 2.19. The van der Waals surface area contributed by atoms with E-state index in [9.17, 15) is 0 Å². The monoisotopic (exact) mass is 324 g/mol. The maximum absolute atomic E-state index is 4.86. The molecule has 128 valence electrons. The van der Waals surface area contributed by atoms with E-state index in [1.165, 1.54) is 19.3 Å². The highest BCUT2D eigenvalue weighted by molar-refractivity contribution is 5.64. The molecule has 0 bridgehead atoms. The number of hydrogen-bond donors (Lipinski definition) is 1. The topological polar surface area (TPSA) is 41.1 Å². The number of nitrogens with zero attached hydrogens (tertiary/aromatic N) is 3. The van der Waals surface area contributed by atoms with Crippen LogP contribution in [-0.2, 0) is 0 Å². The van der Waals surface area contributed by atoms with Crippen molar-refractivity contribution in [3.05, 3.63) is 36.4 Å². The van der Waals surface area contributed by atoms with Crippen LogP contribution in [0, 0.1) is 5.92 Å². The van der Waals surface area contributed by atoms with Crippen LogP contribution in [0.5, 0.6) is 0 Å². The largest absolute Gasteiger partial charge is 0.370 e. The summed E-state index contributed by atoms with van der Waals surface area (Å²) in [7, 11) is 0. The average molecular weight is 324 g/mol. The van der Waals surface area contributed by atoms with E-state index in [2.05, 4.69) is 54.4 Å². The van der Waals surface area contributed by atoms with Crippen molar-refractivity contribution in [3.8, 4) is 11.3 Å². The minimum Gasteiger partial charge on any atom is -0.370 e. The third kappa shape index (κ3) is 4.25. The second kappa shape index (κ2) is 8.13. The standard InChI is InChI=1S/C20H28N4/c1-3-4-12-21-19-15-18(17-8-6-5-7-9-17)22-20(23-19)24-13-10-16(2)11-14-24/h5-9,15-16H,3-4,10-14H2,1-2H3,(H,21,22,23). The Hall–Kier alpha value is -2.10. The van der Waals surface area contributed by atoms with E-state index in [1.54, 1.807) is 0 Å². The van der Waals surface area contributed by atoms with Gasteiger partial charge in [-0.2, -0.15) is 4.98 Å². The molecule has 2 aromatic rings. The molecule has 0 radical (unpaired) electrons. The molecular formula is C20H28N4. The molecule has 1 aliphatic heterocycles. The van der Waals surface area contributed by atoms with Crippen LogP contribution in [0.25, 0.3) is 11.3 Å². The molecule has 0 amide bonds. The predicted molar refractivity (Wildman–Crippen MR) is 101 cm³/mol. The number of rotatable bonds is 6. The molecule has 0 spiro atoms. The molecule has 4 nitrogen and oxygen atoms in total. The van der Waals surface area contributed by atoms with Crippen LogP contribution >= 0.6 is 0 Å². The summed E-state index contributed by atoms with van der Waals surface area (Å²) >= 11 is 0. The fraction of sp³-hybridized carbons (Fsp3) is 0.500. The lowest BCUT2D eigenvalue weighted by Crippen LogP contribution is -2.34. The minimum absolute atomic E-state index is 0.806. The third-order valence-electron chi connectivity index (χ3n) is 4.69. The Kier molecular flexibility index (Phi) is 5.68. The maximum atomic E-state index is 4.86. The minimum atomic E-state index is 0.806. The van der Waals surface area contributed by atoms with E-state index < -0.39 is 0 Å². The van der Waals surface area contributed by atoms with Gasteiger partial charge in [0.05, 0.1) is 5.69 Å². The Morgan fingerprint density at radius 2 is 1.88 bits per heavy atom. The lowest BCUT2D eigenvalue weighted by Gasteiger charge is -2.30. The van der Waals surface area contributed by atoms with Crippen LogP contribution in [0.1, 0.15) is 39.5 Å². The number of hydrogen-bond acceptors (Lipinski definition) is 4. The van der Waals surface area contributed by atoms with Gasteiger partial charge in [0.15, 0.2) is 0 Å². The highest BCUT2D eigenvalue weighted by Crippen LogP contribution is 2.25. The molecule has 1 saturated heterocycles. The van der Waals surface area contributed by atoms with Gasteiger partial charge in [0.1, 0.15) is 5.82 Å². The zero-order chi connectivity index (χ0) is 16.8. The second-order valence-corrected chi connectivity index (χ2v) is 6.75. The van der Waals surface area contributed by atoms with Crippen LogP contribution in [0.2, 0.25) is 0 Å². The first-order valence-corrected chi connectivity index (χ1v) is 9.19. The van der Waals surface area contributed by atoms with E-state index in [1.807, 2.05) is 6.07 Å². The quantitative estimate of drug-likeness (QED) is 0.789. The lowest BCUT2D eigenvalue weighted by molar-refractivity contribution is 0.434. The van der Waals surface area contributed by atoms with Crippen LogP contribution < -0.4 is 10.2 Å². The molecule has 1 aliphatic rings. The van der Waals surface area contributed by atoms with Gasteiger partial charge in [0.25, 0.3) is 0 Å². The molecule has 4 heteroatoms. The Morgan fingerprint density at radius 3 is 2.58 bits per heavy atom. The molecule has 0 aliphatic carbocycles. The SMILES string of the molecule is CCCCNc1cc(-c2ccccc2)nc(N2CCC(C)CC2)n1. The van der Waals surface area contributed by atoms with E-state index in [0.717, 1.165) is 55.0 Å². The summed E-state index contributed by atoms with van der Waals surface area (Å²) < 4.78 is 0. The highest BCUT2D eigenvalue weighted by atomic mass is 15.3. The molecule has 1 fully saturated rings. The number of benzene rings is 1. The smallest absolute Gasteiger partial charge is 0.227 e. The van der Waals surface area contributed by atoms with Gasteiger partial charge in [0.2, 0.25) is 5.95 Å². The summed E-state index contributed by atoms with van der Waals surface area (Å²) in [6, 6.07) is 12.5. The first-order chi connectivity index (χ1) is 11.8. The van der Waals surface area contributed by atoms with Crippen molar-refractivity contribution in [2.24, 2.45) is 5.92 Å². The molecule has 0 atom stereocenters. The van der Waals surface area contributed by atoms with Gasteiger partial charge in [-0.3, -0.25) is 0 Å². The molecule has 3 rings (SSSR count). The summed E-state index contributed by atoms with van der Waals surface area (Å²) in [5, 5.41) is 3.47. The molecule has 2 heterocycles. The normalized spacial score (nSPS) is 15.5. The first kappa shape index (κ1) is 16.7. The van der Waals surface area contributed by atoms with Crippen LogP contribution in [0.4, 0.5) is 11.8 Å². The molecule has 24 heavy (non-hydrogen) atoms. The van der Waals surface area contributed by atoms with E-state index in [4.69, 9.17) is 9.97 Å². The summed E-state index contributed by atoms with van der Waals surface area (Å²) in [5.74, 6) is 2.61. The first-order valence-electron chi connectivity index (χ1n) is 9.19. The molecule has 1 aromatic heterocycles. The van der Waals surface area contributed by atoms with Gasteiger partial charge >= 0.3 is 0 Å². The fourth-order valence-electron chi connectivity index (χ4n) is 3.03. The number of anilines is 2. The van der Waals surface area contributed by atoms with Crippen LogP contribution in [0.15, 0.2) is 36.4 Å². The van der Waals surface area contributed by atoms with Crippen molar-refractivity contribution in [3.63, 3.8) is 0 Å². The average Bonchev–Trinajstić information content (AvgIpc) is 2.63. The maximum Gasteiger partial charge on any atom is 0.227 e. The van der Waals surface area contributed by atoms with Gasteiger partial charge in [-0.25, -0.2) is 4.98 Å². The van der Waals surface area contributed by atoms with E-state index >= 15 is 0 Å². The molecular weight excluding hydrogens is 296 g/mol. The number of aromatic nitrogens is 2. The Bertz CT molecular complexity index is 633. The molecule has 0 saturated carbocycles. The van der Waals surface area contributed by atoms with Crippen molar-refractivity contribution in [1.82, 2.24) is 9.97 Å². The zero-order valence-corrected chi connectivity index (χ0v) is 14.8. The Labute approximate surface area is 145 Å². The zero-order valence-electron chi connectivity index (χ0n) is 14.8. The number of piperidine rings is 1. The van der Waals surface area contributed by atoms with Crippen molar-refractivity contribution in [2.75, 3.05) is 29.9 Å². The van der Waals surface area contributed by atoms with Gasteiger partial charge in [-0.1, -0.05) is 50.6 Å². The van der Waals surface area contributed by atoms with Crippen molar-refractivity contribution >= 4 is 11.8 Å². The molecule has 1 aromatic carbocycles. The van der Waals surface area contributed by atoms with Crippen molar-refractivity contribution in [2.45, 2.75) is 39.5 Å². The summed E-state index contributed by atoms with van der Waals surface area (Å²) in [6.07, 6.45) is 4.77. The van der Waals surface area contributed by atoms with Gasteiger partial charge in [-0.15, -0.1) is 0 Å². The van der Waals surface area contributed by atoms with Crippen LogP contribution in [0.3, 0.4) is 0 Å². The summed E-state index contributed by atoms with van der Waals surface area (Å²) in [6.45, 7) is 7.59. The van der Waals surface area contributed by atoms with Crippen molar-refractivity contribution < 1.29 is 0 Å². The molecule has 1 N–H and O–H groups in total. The fourth-order valence-corrected chi connectivity index (χ4v) is 3.03. The van der Waals surface area contributed by atoms with E-state index in [0.29, 0.717) is 0 Å². The lowest BCUT2D eigenvalue weighted by atomic mass is 10.00. The van der Waals surface area contributed by atoms with Crippen LogP contribution in [-0.4, -0.2) is 29.6 Å². The molecule has 0 unspecified atom stereocenters. The van der Waals surface area contributed by atoms with Crippen molar-refractivity contribution in [1.29, 1.82) is 0 Å². The number of nitrogens with one attached hydrogen (secondary N) is 1. The third-order valence-corrected chi connectivity index (χ3v) is 4.69. The van der Waals surface area contributed by atoms with Gasteiger partial charge in [-0.05, 0) is 25.2 Å². The Balaban J connectivity index is 1.87. The number of unbranched alkanes of at least 4 members (excludes halogenated alkanes) is 1. The second-order valence-electron chi connectivity index (χ2n) is 6.75. The van der Waals surface area contributed by atoms with E-state index in [-0.39, 0.29) is 0 Å². The van der Waals surface area contributed by atoms with Gasteiger partial charge < -0.3 is 10.2 Å². The Morgan fingerprint density at radius 1 is 1.12 bits per heavy atom. The predicted octanol–water partition coefficient (Wildman–Crippen LogP) is 4.59. The van der Waals surface area contributed by atoms with Gasteiger partial charge in [0, 0.05) is 31.3 Å². The summed E-state index contributed by atoms with van der Waals surface area (Å²) in [5.41, 5.74) is 2.14.